The summed E-state index contributed by atoms with van der Waals surface area (Å²) in [5.74, 6) is 0. The smallest absolute Gasteiger partial charge is 0.281 e. The molecule has 0 saturated heterocycles. The van der Waals surface area contributed by atoms with Crippen molar-refractivity contribution in [3.05, 3.63) is 86.9 Å². The number of hydrogen-bond acceptors (Lipinski definition) is 4. The van der Waals surface area contributed by atoms with E-state index in [9.17, 15) is 4.79 Å². The Kier molecular flexibility index (Phi) is 4.12. The molecule has 0 atom stereocenters. The summed E-state index contributed by atoms with van der Waals surface area (Å²) in [4.78, 5) is 13.1. The third-order valence-corrected chi connectivity index (χ3v) is 5.34. The lowest BCUT2D eigenvalue weighted by Crippen LogP contribution is -2.20. The van der Waals surface area contributed by atoms with Crippen LogP contribution in [0.1, 0.15) is 5.69 Å². The van der Waals surface area contributed by atoms with Gasteiger partial charge in [-0.3, -0.25) is 9.36 Å². The lowest BCUT2D eigenvalue weighted by atomic mass is 10.1. The highest BCUT2D eigenvalue weighted by atomic mass is 35.5. The van der Waals surface area contributed by atoms with Crippen molar-refractivity contribution in [3.63, 3.8) is 0 Å². The molecule has 3 heterocycles. The van der Waals surface area contributed by atoms with E-state index in [1.807, 2.05) is 37.3 Å². The summed E-state index contributed by atoms with van der Waals surface area (Å²) in [6.07, 6.45) is 1.64. The van der Waals surface area contributed by atoms with Crippen LogP contribution in [0.5, 0.6) is 0 Å². The number of fused-ring (bicyclic) bond motifs is 3. The molecular formula is C21H13Cl2N5O. The molecule has 0 N–H and O–H groups in total. The topological polar surface area (TPSA) is 65.1 Å². The second-order valence-corrected chi connectivity index (χ2v) is 7.43. The largest absolute Gasteiger partial charge is 0.285 e. The van der Waals surface area contributed by atoms with E-state index >= 15 is 0 Å². The Labute approximate surface area is 175 Å². The van der Waals surface area contributed by atoms with Crippen LogP contribution in [0.25, 0.3) is 33.5 Å². The van der Waals surface area contributed by atoms with Gasteiger partial charge in [-0.25, -0.2) is 4.52 Å². The van der Waals surface area contributed by atoms with Crippen LogP contribution in [0.2, 0.25) is 10.0 Å². The lowest BCUT2D eigenvalue weighted by Gasteiger charge is -2.09. The number of aryl methyl sites for hydroxylation is 1. The second-order valence-electron chi connectivity index (χ2n) is 6.58. The van der Waals surface area contributed by atoms with Crippen LogP contribution in [0.3, 0.4) is 0 Å². The lowest BCUT2D eigenvalue weighted by molar-refractivity contribution is 0.905. The molecular weight excluding hydrogens is 409 g/mol. The highest BCUT2D eigenvalue weighted by Gasteiger charge is 2.18. The SMILES string of the molecule is Cc1nn2c(nnc3c(=O)n(-c4cc(Cl)ccc4Cl)ccc32)c1-c1ccccc1. The van der Waals surface area contributed by atoms with E-state index in [0.717, 1.165) is 16.8 Å². The van der Waals surface area contributed by atoms with Crippen LogP contribution in [-0.4, -0.2) is 24.4 Å². The van der Waals surface area contributed by atoms with Gasteiger partial charge in [0.15, 0.2) is 11.2 Å². The quantitative estimate of drug-likeness (QED) is 0.413. The maximum absolute atomic E-state index is 13.1. The molecule has 3 aromatic heterocycles. The van der Waals surface area contributed by atoms with Gasteiger partial charge in [-0.2, -0.15) is 5.10 Å². The van der Waals surface area contributed by atoms with Crippen LogP contribution in [-0.2, 0) is 0 Å². The molecule has 142 valence electrons. The third-order valence-electron chi connectivity index (χ3n) is 4.78. The molecule has 0 amide bonds. The Hall–Kier alpha value is -3.22. The van der Waals surface area contributed by atoms with Crippen molar-refractivity contribution >= 4 is 39.9 Å². The molecule has 29 heavy (non-hydrogen) atoms. The Balaban J connectivity index is 1.79. The summed E-state index contributed by atoms with van der Waals surface area (Å²) in [6, 6.07) is 16.6. The van der Waals surface area contributed by atoms with Crippen molar-refractivity contribution in [2.75, 3.05) is 0 Å². The Morgan fingerprint density at radius 2 is 1.76 bits per heavy atom. The Bertz CT molecular complexity index is 1460. The Morgan fingerprint density at radius 3 is 2.55 bits per heavy atom. The first-order valence-corrected chi connectivity index (χ1v) is 9.58. The van der Waals surface area contributed by atoms with E-state index in [-0.39, 0.29) is 11.1 Å². The van der Waals surface area contributed by atoms with Crippen molar-refractivity contribution in [2.24, 2.45) is 0 Å². The fourth-order valence-corrected chi connectivity index (χ4v) is 3.83. The summed E-state index contributed by atoms with van der Waals surface area (Å²) in [6.45, 7) is 1.91. The molecule has 2 aromatic carbocycles. The standard InChI is InChI=1S/C21H13Cl2N5O/c1-12-18(13-5-3-2-4-6-13)20-25-24-19-16(28(20)26-12)9-10-27(21(19)29)17-11-14(22)7-8-15(17)23/h2-11H,1H3. The number of nitrogens with zero attached hydrogens (tertiary/aromatic N) is 5. The molecule has 5 aromatic rings. The van der Waals surface area contributed by atoms with Gasteiger partial charge in [0.05, 0.1) is 22.0 Å². The van der Waals surface area contributed by atoms with Gasteiger partial charge >= 0.3 is 0 Å². The first-order valence-electron chi connectivity index (χ1n) is 8.83. The van der Waals surface area contributed by atoms with Gasteiger partial charge in [0, 0.05) is 11.2 Å². The second kappa shape index (κ2) is 6.69. The van der Waals surface area contributed by atoms with E-state index in [2.05, 4.69) is 15.3 Å². The predicted octanol–water partition coefficient (Wildman–Crippen LogP) is 4.71. The van der Waals surface area contributed by atoms with Crippen LogP contribution in [0, 0.1) is 6.92 Å². The number of halogens is 2. The number of pyridine rings is 1. The van der Waals surface area contributed by atoms with Crippen molar-refractivity contribution in [2.45, 2.75) is 6.92 Å². The number of benzene rings is 2. The molecule has 5 rings (SSSR count). The van der Waals surface area contributed by atoms with Gasteiger partial charge in [0.1, 0.15) is 5.52 Å². The molecule has 0 aliphatic rings. The zero-order chi connectivity index (χ0) is 20.1. The summed E-state index contributed by atoms with van der Waals surface area (Å²) < 4.78 is 3.07. The monoisotopic (exact) mass is 421 g/mol. The highest BCUT2D eigenvalue weighted by Crippen LogP contribution is 2.28. The number of hydrogen-bond donors (Lipinski definition) is 0. The maximum atomic E-state index is 13.1. The van der Waals surface area contributed by atoms with Crippen LogP contribution in [0.4, 0.5) is 0 Å². The number of aromatic nitrogens is 5. The van der Waals surface area contributed by atoms with Crippen LogP contribution in [0.15, 0.2) is 65.6 Å². The minimum atomic E-state index is -0.351. The number of rotatable bonds is 2. The molecule has 0 aliphatic heterocycles. The minimum Gasteiger partial charge on any atom is -0.281 e. The van der Waals surface area contributed by atoms with Crippen molar-refractivity contribution in [3.8, 4) is 16.8 Å². The molecule has 0 aliphatic carbocycles. The fourth-order valence-electron chi connectivity index (χ4n) is 3.46. The zero-order valence-corrected chi connectivity index (χ0v) is 16.7. The minimum absolute atomic E-state index is 0.193. The van der Waals surface area contributed by atoms with Gasteiger partial charge in [-0.05, 0) is 36.8 Å². The van der Waals surface area contributed by atoms with Gasteiger partial charge in [0.2, 0.25) is 0 Å². The average molecular weight is 422 g/mol. The van der Waals surface area contributed by atoms with Crippen molar-refractivity contribution in [1.82, 2.24) is 24.4 Å². The van der Waals surface area contributed by atoms with Gasteiger partial charge in [0.25, 0.3) is 5.56 Å². The first-order chi connectivity index (χ1) is 14.0. The molecule has 0 fully saturated rings. The van der Waals surface area contributed by atoms with Gasteiger partial charge in [-0.15, -0.1) is 10.2 Å². The summed E-state index contributed by atoms with van der Waals surface area (Å²) in [5, 5.41) is 14.0. The van der Waals surface area contributed by atoms with E-state index < -0.39 is 0 Å². The van der Waals surface area contributed by atoms with Crippen LogP contribution < -0.4 is 5.56 Å². The van der Waals surface area contributed by atoms with Gasteiger partial charge in [-0.1, -0.05) is 53.5 Å². The molecule has 0 unspecified atom stereocenters. The van der Waals surface area contributed by atoms with Crippen molar-refractivity contribution in [1.29, 1.82) is 0 Å². The molecule has 8 heteroatoms. The maximum Gasteiger partial charge on any atom is 0.285 e. The van der Waals surface area contributed by atoms with Crippen LogP contribution >= 0.6 is 23.2 Å². The van der Waals surface area contributed by atoms with E-state index in [4.69, 9.17) is 23.2 Å². The van der Waals surface area contributed by atoms with Gasteiger partial charge < -0.3 is 0 Å². The van der Waals surface area contributed by atoms with E-state index in [0.29, 0.717) is 26.9 Å². The molecule has 6 nitrogen and oxygen atoms in total. The summed E-state index contributed by atoms with van der Waals surface area (Å²) in [7, 11) is 0. The zero-order valence-electron chi connectivity index (χ0n) is 15.2. The highest BCUT2D eigenvalue weighted by molar-refractivity contribution is 6.34. The average Bonchev–Trinajstić information content (AvgIpc) is 3.07. The molecule has 0 bridgehead atoms. The fraction of sp³-hybridized carbons (Fsp3) is 0.0476. The predicted molar refractivity (Wildman–Crippen MR) is 114 cm³/mol. The Morgan fingerprint density at radius 1 is 0.966 bits per heavy atom. The third kappa shape index (κ3) is 2.80. The molecule has 0 spiro atoms. The molecule has 0 saturated carbocycles. The van der Waals surface area contributed by atoms with E-state index in [1.54, 1.807) is 35.0 Å². The van der Waals surface area contributed by atoms with Crippen molar-refractivity contribution < 1.29 is 0 Å². The normalized spacial score (nSPS) is 11.4. The van der Waals surface area contributed by atoms with E-state index in [1.165, 1.54) is 4.57 Å². The molecule has 0 radical (unpaired) electrons. The summed E-state index contributed by atoms with van der Waals surface area (Å²) >= 11 is 12.3. The first kappa shape index (κ1) is 17.8. The summed E-state index contributed by atoms with van der Waals surface area (Å²) in [5.41, 5.74) is 4.18.